The van der Waals surface area contributed by atoms with E-state index in [1.165, 1.54) is 63.0 Å². The minimum atomic E-state index is 0. The van der Waals surface area contributed by atoms with Gasteiger partial charge in [-0.25, -0.2) is 0 Å². The summed E-state index contributed by atoms with van der Waals surface area (Å²) in [5, 5.41) is 3.50. The Morgan fingerprint density at radius 3 is 2.46 bits per heavy atom. The number of benzene rings is 1. The van der Waals surface area contributed by atoms with E-state index in [0.29, 0.717) is 0 Å². The first-order chi connectivity index (χ1) is 10.9. The van der Waals surface area contributed by atoms with Crippen LogP contribution in [0.3, 0.4) is 0 Å². The van der Waals surface area contributed by atoms with Crippen molar-refractivity contribution in [1.29, 1.82) is 0 Å². The maximum atomic E-state index is 5.61. The fourth-order valence-electron chi connectivity index (χ4n) is 4.49. The van der Waals surface area contributed by atoms with Gasteiger partial charge in [-0.2, -0.15) is 0 Å². The van der Waals surface area contributed by atoms with Crippen molar-refractivity contribution >= 4 is 24.8 Å². The monoisotopic (exact) mass is 372 g/mol. The Labute approximate surface area is 158 Å². The van der Waals surface area contributed by atoms with E-state index >= 15 is 0 Å². The van der Waals surface area contributed by atoms with E-state index in [0.717, 1.165) is 37.2 Å². The smallest absolute Gasteiger partial charge is 0.122 e. The number of hydrogen-bond donors (Lipinski definition) is 1. The van der Waals surface area contributed by atoms with Gasteiger partial charge in [-0.1, -0.05) is 12.1 Å². The maximum Gasteiger partial charge on any atom is 0.122 e. The topological polar surface area (TPSA) is 24.5 Å². The molecule has 0 aromatic heterocycles. The fourth-order valence-corrected chi connectivity index (χ4v) is 4.49. The molecule has 1 N–H and O–H groups in total. The predicted octanol–water partition coefficient (Wildman–Crippen LogP) is 3.68. The van der Waals surface area contributed by atoms with Crippen LogP contribution in [0.1, 0.15) is 36.8 Å². The maximum absolute atomic E-state index is 5.61. The summed E-state index contributed by atoms with van der Waals surface area (Å²) in [6, 6.07) is 6.78. The second-order valence-corrected chi connectivity index (χ2v) is 7.24. The minimum absolute atomic E-state index is 0. The van der Waals surface area contributed by atoms with E-state index in [9.17, 15) is 0 Å². The first-order valence-corrected chi connectivity index (χ1v) is 9.06. The molecule has 0 amide bonds. The molecule has 2 saturated heterocycles. The van der Waals surface area contributed by atoms with E-state index < -0.39 is 0 Å². The SMILES string of the molecule is Cl.Cl.c1cc2c(cc1CN1CCC(C3CCNCC3)CC1)CCO2. The van der Waals surface area contributed by atoms with Gasteiger partial charge in [0.25, 0.3) is 0 Å². The summed E-state index contributed by atoms with van der Waals surface area (Å²) in [7, 11) is 0. The molecule has 0 bridgehead atoms. The lowest BCUT2D eigenvalue weighted by molar-refractivity contribution is 0.126. The largest absolute Gasteiger partial charge is 0.493 e. The lowest BCUT2D eigenvalue weighted by atomic mass is 9.79. The second kappa shape index (κ2) is 9.28. The van der Waals surface area contributed by atoms with E-state index in [-0.39, 0.29) is 24.8 Å². The number of rotatable bonds is 3. The van der Waals surface area contributed by atoms with Crippen LogP contribution in [0.5, 0.6) is 5.75 Å². The van der Waals surface area contributed by atoms with Crippen LogP contribution in [0.15, 0.2) is 18.2 Å². The Hall–Kier alpha value is -0.480. The number of hydrogen-bond acceptors (Lipinski definition) is 3. The van der Waals surface area contributed by atoms with Crippen molar-refractivity contribution in [1.82, 2.24) is 10.2 Å². The molecule has 0 atom stereocenters. The van der Waals surface area contributed by atoms with Gasteiger partial charge in [-0.15, -0.1) is 24.8 Å². The van der Waals surface area contributed by atoms with Gasteiger partial charge in [0.15, 0.2) is 0 Å². The molecule has 0 unspecified atom stereocenters. The predicted molar refractivity (Wildman–Crippen MR) is 104 cm³/mol. The lowest BCUT2D eigenvalue weighted by Gasteiger charge is -2.37. The van der Waals surface area contributed by atoms with Gasteiger partial charge in [-0.05, 0) is 80.9 Å². The van der Waals surface area contributed by atoms with Gasteiger partial charge in [-0.3, -0.25) is 4.90 Å². The molecule has 3 nitrogen and oxygen atoms in total. The average Bonchev–Trinajstić information content (AvgIpc) is 3.04. The summed E-state index contributed by atoms with van der Waals surface area (Å²) in [6.07, 6.45) is 6.68. The van der Waals surface area contributed by atoms with Crippen LogP contribution in [-0.4, -0.2) is 37.7 Å². The Kier molecular flexibility index (Phi) is 7.67. The van der Waals surface area contributed by atoms with Gasteiger partial charge in [0, 0.05) is 13.0 Å². The summed E-state index contributed by atoms with van der Waals surface area (Å²) in [5.74, 6) is 3.07. The van der Waals surface area contributed by atoms with Gasteiger partial charge in [0.1, 0.15) is 5.75 Å². The lowest BCUT2D eigenvalue weighted by Crippen LogP contribution is -2.39. The molecule has 1 aromatic carbocycles. The Balaban J connectivity index is 0.00000104. The van der Waals surface area contributed by atoms with Crippen LogP contribution in [-0.2, 0) is 13.0 Å². The molecule has 24 heavy (non-hydrogen) atoms. The highest BCUT2D eigenvalue weighted by molar-refractivity contribution is 5.85. The van der Waals surface area contributed by atoms with E-state index in [1.807, 2.05) is 0 Å². The van der Waals surface area contributed by atoms with E-state index in [1.54, 1.807) is 0 Å². The number of halogens is 2. The number of piperidine rings is 2. The number of ether oxygens (including phenoxy) is 1. The third-order valence-corrected chi connectivity index (χ3v) is 5.84. The van der Waals surface area contributed by atoms with Crippen LogP contribution in [0.2, 0.25) is 0 Å². The van der Waals surface area contributed by atoms with E-state index in [4.69, 9.17) is 4.74 Å². The van der Waals surface area contributed by atoms with Crippen molar-refractivity contribution in [3.63, 3.8) is 0 Å². The van der Waals surface area contributed by atoms with E-state index in [2.05, 4.69) is 28.4 Å². The number of likely N-dealkylation sites (tertiary alicyclic amines) is 1. The number of fused-ring (bicyclic) bond motifs is 1. The highest BCUT2D eigenvalue weighted by Crippen LogP contribution is 2.32. The minimum Gasteiger partial charge on any atom is -0.493 e. The molecule has 2 fully saturated rings. The van der Waals surface area contributed by atoms with Crippen LogP contribution in [0, 0.1) is 11.8 Å². The van der Waals surface area contributed by atoms with Gasteiger partial charge >= 0.3 is 0 Å². The molecule has 4 rings (SSSR count). The number of nitrogens with one attached hydrogen (secondary N) is 1. The normalized spacial score (nSPS) is 22.2. The van der Waals surface area contributed by atoms with Crippen molar-refractivity contribution in [2.45, 2.75) is 38.6 Å². The summed E-state index contributed by atoms with van der Waals surface area (Å²) in [6.45, 7) is 7.02. The Morgan fingerprint density at radius 2 is 1.71 bits per heavy atom. The van der Waals surface area contributed by atoms with Crippen LogP contribution in [0.25, 0.3) is 0 Å². The zero-order chi connectivity index (χ0) is 14.8. The number of nitrogens with zero attached hydrogens (tertiary/aromatic N) is 1. The molecule has 3 aliphatic heterocycles. The standard InChI is InChI=1S/C19H28N2O.2ClH/c1-2-19-18(7-12-22-19)13-15(1)14-21-10-5-17(6-11-21)16-3-8-20-9-4-16;;/h1-2,13,16-17,20H,3-12,14H2;2*1H. The molecule has 3 heterocycles. The molecular weight excluding hydrogens is 343 g/mol. The van der Waals surface area contributed by atoms with Gasteiger partial charge in [0.05, 0.1) is 6.61 Å². The zero-order valence-corrected chi connectivity index (χ0v) is 16.0. The molecule has 136 valence electrons. The molecule has 0 saturated carbocycles. The van der Waals surface area contributed by atoms with Crippen molar-refractivity contribution in [3.8, 4) is 5.75 Å². The molecule has 3 aliphatic rings. The molecule has 0 radical (unpaired) electrons. The fraction of sp³-hybridized carbons (Fsp3) is 0.684. The first-order valence-electron chi connectivity index (χ1n) is 9.06. The summed E-state index contributed by atoms with van der Waals surface area (Å²) in [4.78, 5) is 2.65. The van der Waals surface area contributed by atoms with Crippen LogP contribution in [0.4, 0.5) is 0 Å². The van der Waals surface area contributed by atoms with Crippen molar-refractivity contribution in [2.24, 2.45) is 11.8 Å². The molecule has 5 heteroatoms. The Bertz CT molecular complexity index is 512. The molecule has 0 spiro atoms. The Morgan fingerprint density at radius 1 is 1.00 bits per heavy atom. The van der Waals surface area contributed by atoms with Crippen molar-refractivity contribution < 1.29 is 4.74 Å². The summed E-state index contributed by atoms with van der Waals surface area (Å²) < 4.78 is 5.61. The highest BCUT2D eigenvalue weighted by atomic mass is 35.5. The third kappa shape index (κ3) is 4.57. The quantitative estimate of drug-likeness (QED) is 0.875. The second-order valence-electron chi connectivity index (χ2n) is 7.24. The molecule has 1 aromatic rings. The van der Waals surface area contributed by atoms with Gasteiger partial charge in [0.2, 0.25) is 0 Å². The molecular formula is C19H30Cl2N2O. The van der Waals surface area contributed by atoms with Crippen LogP contribution >= 0.6 is 24.8 Å². The highest BCUT2D eigenvalue weighted by Gasteiger charge is 2.27. The summed E-state index contributed by atoms with van der Waals surface area (Å²) in [5.41, 5.74) is 2.87. The third-order valence-electron chi connectivity index (χ3n) is 5.84. The van der Waals surface area contributed by atoms with Gasteiger partial charge < -0.3 is 10.1 Å². The average molecular weight is 373 g/mol. The molecule has 0 aliphatic carbocycles. The zero-order valence-electron chi connectivity index (χ0n) is 14.3. The van der Waals surface area contributed by atoms with Crippen molar-refractivity contribution in [2.75, 3.05) is 32.8 Å². The van der Waals surface area contributed by atoms with Crippen LogP contribution < -0.4 is 10.1 Å². The first kappa shape index (κ1) is 19.8. The summed E-state index contributed by atoms with van der Waals surface area (Å²) >= 11 is 0. The van der Waals surface area contributed by atoms with Crippen molar-refractivity contribution in [3.05, 3.63) is 29.3 Å².